The van der Waals surface area contributed by atoms with Gasteiger partial charge in [-0.15, -0.1) is 0 Å². The fourth-order valence-corrected chi connectivity index (χ4v) is 1.54. The Balaban J connectivity index is 2.66. The number of halogens is 2. The molecule has 0 aliphatic carbocycles. The van der Waals surface area contributed by atoms with Crippen molar-refractivity contribution in [1.82, 2.24) is 0 Å². The van der Waals surface area contributed by atoms with Gasteiger partial charge in [0.15, 0.2) is 0 Å². The summed E-state index contributed by atoms with van der Waals surface area (Å²) in [5.74, 6) is -2.66. The molecule has 0 amide bonds. The number of rotatable bonds is 5. The van der Waals surface area contributed by atoms with E-state index in [1.807, 2.05) is 6.07 Å². The van der Waals surface area contributed by atoms with E-state index < -0.39 is 5.92 Å². The van der Waals surface area contributed by atoms with Crippen LogP contribution in [-0.2, 0) is 12.8 Å². The number of benzene rings is 1. The lowest BCUT2D eigenvalue weighted by molar-refractivity contribution is 0.0226. The third-order valence-corrected chi connectivity index (χ3v) is 2.13. The van der Waals surface area contributed by atoms with E-state index in [1.54, 1.807) is 18.2 Å². The summed E-state index contributed by atoms with van der Waals surface area (Å²) in [6, 6.07) is 7.17. The minimum atomic E-state index is -2.66. The molecule has 1 aromatic rings. The van der Waals surface area contributed by atoms with Gasteiger partial charge in [0.05, 0.1) is 0 Å². The normalized spacial score (nSPS) is 11.7. The lowest BCUT2D eigenvalue weighted by Gasteiger charge is -2.10. The molecule has 0 spiro atoms. The molecule has 1 nitrogen and oxygen atoms in total. The van der Waals surface area contributed by atoms with E-state index in [1.165, 1.54) is 0 Å². The fraction of sp³-hybridized carbons (Fsp3) is 0.500. The lowest BCUT2D eigenvalue weighted by Crippen LogP contribution is -2.13. The van der Waals surface area contributed by atoms with E-state index in [-0.39, 0.29) is 13.0 Å². The zero-order valence-electron chi connectivity index (χ0n) is 8.84. The van der Waals surface area contributed by atoms with Crippen molar-refractivity contribution in [3.05, 3.63) is 35.4 Å². The van der Waals surface area contributed by atoms with Crippen molar-refractivity contribution in [2.24, 2.45) is 0 Å². The number of aliphatic hydroxyl groups excluding tert-OH is 1. The maximum absolute atomic E-state index is 12.8. The minimum absolute atomic E-state index is 0.133. The van der Waals surface area contributed by atoms with Crippen LogP contribution in [0.3, 0.4) is 0 Å². The van der Waals surface area contributed by atoms with Crippen LogP contribution in [0.4, 0.5) is 8.78 Å². The third-order valence-electron chi connectivity index (χ3n) is 2.13. The first kappa shape index (κ1) is 12.1. The zero-order chi connectivity index (χ0) is 11.3. The van der Waals surface area contributed by atoms with Crippen molar-refractivity contribution < 1.29 is 13.9 Å². The Labute approximate surface area is 88.7 Å². The summed E-state index contributed by atoms with van der Waals surface area (Å²) in [7, 11) is 0. The molecule has 1 N–H and O–H groups in total. The number of hydrogen-bond donors (Lipinski definition) is 1. The quantitative estimate of drug-likeness (QED) is 0.799. The molecule has 1 rings (SSSR count). The number of alkyl halides is 2. The Bertz CT molecular complexity index is 305. The Morgan fingerprint density at radius 1 is 1.27 bits per heavy atom. The molecule has 0 radical (unpaired) electrons. The van der Waals surface area contributed by atoms with Gasteiger partial charge in [-0.2, -0.15) is 0 Å². The number of aryl methyl sites for hydroxylation is 1. The van der Waals surface area contributed by atoms with Crippen molar-refractivity contribution in [2.45, 2.75) is 32.1 Å². The predicted octanol–water partition coefficient (Wildman–Crippen LogP) is 2.81. The fourth-order valence-electron chi connectivity index (χ4n) is 1.54. The van der Waals surface area contributed by atoms with E-state index in [9.17, 15) is 8.78 Å². The van der Waals surface area contributed by atoms with E-state index in [2.05, 4.69) is 0 Å². The second kappa shape index (κ2) is 5.21. The van der Waals surface area contributed by atoms with Gasteiger partial charge >= 0.3 is 0 Å². The van der Waals surface area contributed by atoms with Crippen LogP contribution in [0.2, 0.25) is 0 Å². The maximum Gasteiger partial charge on any atom is 0.249 e. The molecule has 0 bridgehead atoms. The molecule has 0 aromatic heterocycles. The van der Waals surface area contributed by atoms with Gasteiger partial charge in [0.1, 0.15) is 0 Å². The van der Waals surface area contributed by atoms with Gasteiger partial charge in [0, 0.05) is 13.0 Å². The predicted molar refractivity (Wildman–Crippen MR) is 56.2 cm³/mol. The average Bonchev–Trinajstić information content (AvgIpc) is 2.12. The van der Waals surface area contributed by atoms with E-state index in [0.29, 0.717) is 12.0 Å². The molecule has 3 heteroatoms. The summed E-state index contributed by atoms with van der Waals surface area (Å²) in [6.07, 6.45) is 1.19. The third kappa shape index (κ3) is 4.88. The SMILES string of the molecule is CC(F)(F)Cc1cccc(CCCO)c1. The molecule has 0 saturated heterocycles. The second-order valence-corrected chi connectivity index (χ2v) is 3.89. The summed E-state index contributed by atoms with van der Waals surface area (Å²) in [5.41, 5.74) is 1.66. The van der Waals surface area contributed by atoms with Gasteiger partial charge in [0.25, 0.3) is 0 Å². The van der Waals surface area contributed by atoms with Gasteiger partial charge in [-0.3, -0.25) is 0 Å². The molecule has 0 saturated carbocycles. The highest BCUT2D eigenvalue weighted by Gasteiger charge is 2.21. The largest absolute Gasteiger partial charge is 0.396 e. The van der Waals surface area contributed by atoms with Crippen molar-refractivity contribution in [1.29, 1.82) is 0 Å². The van der Waals surface area contributed by atoms with Crippen LogP contribution in [0.1, 0.15) is 24.5 Å². The lowest BCUT2D eigenvalue weighted by atomic mass is 10.0. The van der Waals surface area contributed by atoms with Crippen LogP contribution in [-0.4, -0.2) is 17.6 Å². The zero-order valence-corrected chi connectivity index (χ0v) is 8.84. The number of hydrogen-bond acceptors (Lipinski definition) is 1. The average molecular weight is 214 g/mol. The van der Waals surface area contributed by atoms with E-state index in [0.717, 1.165) is 18.9 Å². The Morgan fingerprint density at radius 2 is 1.93 bits per heavy atom. The number of aliphatic hydroxyl groups is 1. The first-order valence-electron chi connectivity index (χ1n) is 5.08. The van der Waals surface area contributed by atoms with Gasteiger partial charge < -0.3 is 5.11 Å². The highest BCUT2D eigenvalue weighted by Crippen LogP contribution is 2.19. The summed E-state index contributed by atoms with van der Waals surface area (Å²) >= 11 is 0. The summed E-state index contributed by atoms with van der Waals surface area (Å²) in [4.78, 5) is 0. The smallest absolute Gasteiger partial charge is 0.249 e. The molecule has 0 fully saturated rings. The van der Waals surface area contributed by atoms with Crippen LogP contribution >= 0.6 is 0 Å². The Morgan fingerprint density at radius 3 is 2.53 bits per heavy atom. The summed E-state index contributed by atoms with van der Waals surface area (Å²) in [6.45, 7) is 1.06. The summed E-state index contributed by atoms with van der Waals surface area (Å²) in [5, 5.41) is 8.66. The highest BCUT2D eigenvalue weighted by atomic mass is 19.3. The van der Waals surface area contributed by atoms with Gasteiger partial charge in [-0.1, -0.05) is 24.3 Å². The monoisotopic (exact) mass is 214 g/mol. The van der Waals surface area contributed by atoms with Crippen molar-refractivity contribution in [2.75, 3.05) is 6.61 Å². The first-order chi connectivity index (χ1) is 7.01. The van der Waals surface area contributed by atoms with Crippen LogP contribution in [0, 0.1) is 0 Å². The molecule has 0 aliphatic heterocycles. The minimum Gasteiger partial charge on any atom is -0.396 e. The molecule has 0 unspecified atom stereocenters. The topological polar surface area (TPSA) is 20.2 Å². The maximum atomic E-state index is 12.8. The van der Waals surface area contributed by atoms with Crippen LogP contribution < -0.4 is 0 Å². The Hall–Kier alpha value is -0.960. The molecule has 0 aliphatic rings. The standard InChI is InChI=1S/C12H16F2O/c1-12(13,14)9-11-5-2-4-10(8-11)6-3-7-15/h2,4-5,8,15H,3,6-7,9H2,1H3. The van der Waals surface area contributed by atoms with Crippen LogP contribution in [0.5, 0.6) is 0 Å². The second-order valence-electron chi connectivity index (χ2n) is 3.89. The molecule has 84 valence electrons. The van der Waals surface area contributed by atoms with Gasteiger partial charge in [-0.05, 0) is 30.9 Å². The Kier molecular flexibility index (Phi) is 4.21. The van der Waals surface area contributed by atoms with E-state index in [4.69, 9.17) is 5.11 Å². The molecule has 15 heavy (non-hydrogen) atoms. The molecular formula is C12H16F2O. The first-order valence-corrected chi connectivity index (χ1v) is 5.08. The molecule has 0 atom stereocenters. The molecular weight excluding hydrogens is 198 g/mol. The van der Waals surface area contributed by atoms with Crippen molar-refractivity contribution in [3.8, 4) is 0 Å². The molecule has 1 aromatic carbocycles. The van der Waals surface area contributed by atoms with E-state index >= 15 is 0 Å². The van der Waals surface area contributed by atoms with Gasteiger partial charge in [-0.25, -0.2) is 8.78 Å². The van der Waals surface area contributed by atoms with Gasteiger partial charge in [0.2, 0.25) is 5.92 Å². The van der Waals surface area contributed by atoms with Crippen molar-refractivity contribution >= 4 is 0 Å². The summed E-state index contributed by atoms with van der Waals surface area (Å²) < 4.78 is 25.5. The highest BCUT2D eigenvalue weighted by molar-refractivity contribution is 5.24. The van der Waals surface area contributed by atoms with Crippen LogP contribution in [0.15, 0.2) is 24.3 Å². The molecule has 0 heterocycles. The van der Waals surface area contributed by atoms with Crippen LogP contribution in [0.25, 0.3) is 0 Å². The van der Waals surface area contributed by atoms with Crippen molar-refractivity contribution in [3.63, 3.8) is 0 Å².